The highest BCUT2D eigenvalue weighted by Gasteiger charge is 2.19. The second-order valence-corrected chi connectivity index (χ2v) is 7.17. The van der Waals surface area contributed by atoms with Crippen molar-refractivity contribution < 1.29 is 9.84 Å². The van der Waals surface area contributed by atoms with Crippen molar-refractivity contribution in [2.45, 2.75) is 6.92 Å². The highest BCUT2D eigenvalue weighted by atomic mass is 79.9. The molecular formula is C21H16BrN3O4. The van der Waals surface area contributed by atoms with E-state index in [4.69, 9.17) is 4.74 Å². The van der Waals surface area contributed by atoms with Crippen LogP contribution in [0, 0.1) is 0 Å². The molecule has 7 nitrogen and oxygen atoms in total. The summed E-state index contributed by atoms with van der Waals surface area (Å²) in [5, 5.41) is 10.8. The smallest absolute Gasteiger partial charge is 0.335 e. The normalized spacial score (nSPS) is 13.7. The van der Waals surface area contributed by atoms with E-state index in [9.17, 15) is 14.7 Å². The van der Waals surface area contributed by atoms with Crippen LogP contribution in [0.2, 0.25) is 0 Å². The number of H-pyrrole nitrogens is 1. The van der Waals surface area contributed by atoms with Crippen molar-refractivity contribution in [3.8, 4) is 17.3 Å². The molecule has 2 N–H and O–H groups in total. The van der Waals surface area contributed by atoms with Gasteiger partial charge >= 0.3 is 5.69 Å². The molecule has 1 aliphatic heterocycles. The number of aromatic hydroxyl groups is 1. The van der Waals surface area contributed by atoms with Gasteiger partial charge in [-0.2, -0.15) is 0 Å². The molecule has 8 heteroatoms. The van der Waals surface area contributed by atoms with Crippen LogP contribution in [-0.4, -0.2) is 27.5 Å². The largest absolute Gasteiger partial charge is 0.494 e. The van der Waals surface area contributed by atoms with Crippen LogP contribution in [0.1, 0.15) is 18.1 Å². The van der Waals surface area contributed by atoms with Crippen LogP contribution in [0.15, 0.2) is 61.5 Å². The Morgan fingerprint density at radius 1 is 1.24 bits per heavy atom. The molecule has 0 bridgehead atoms. The lowest BCUT2D eigenvalue weighted by Crippen LogP contribution is -2.30. The first-order valence-corrected chi connectivity index (χ1v) is 9.65. The third-order valence-corrected chi connectivity index (χ3v) is 4.93. The van der Waals surface area contributed by atoms with Gasteiger partial charge in [-0.25, -0.2) is 9.36 Å². The highest BCUT2D eigenvalue weighted by molar-refractivity contribution is 9.10. The molecule has 0 radical (unpaired) electrons. The summed E-state index contributed by atoms with van der Waals surface area (Å²) in [6.07, 6.45) is 3.12. The topological polar surface area (TPSA) is 96.7 Å². The highest BCUT2D eigenvalue weighted by Crippen LogP contribution is 2.35. The summed E-state index contributed by atoms with van der Waals surface area (Å²) in [4.78, 5) is 31.5. The molecule has 0 amide bonds. The van der Waals surface area contributed by atoms with Gasteiger partial charge in [0.2, 0.25) is 5.88 Å². The number of benzene rings is 2. The van der Waals surface area contributed by atoms with E-state index >= 15 is 0 Å². The second kappa shape index (κ2) is 7.56. The number of para-hydroxylation sites is 2. The third-order valence-electron chi connectivity index (χ3n) is 4.44. The van der Waals surface area contributed by atoms with Crippen molar-refractivity contribution in [1.82, 2.24) is 9.55 Å². The Hall–Kier alpha value is -3.39. The van der Waals surface area contributed by atoms with Crippen LogP contribution >= 0.6 is 15.9 Å². The summed E-state index contributed by atoms with van der Waals surface area (Å²) >= 11 is 3.42. The van der Waals surface area contributed by atoms with Crippen LogP contribution < -0.4 is 16.0 Å². The summed E-state index contributed by atoms with van der Waals surface area (Å²) < 4.78 is 7.44. The molecule has 1 aliphatic rings. The lowest BCUT2D eigenvalue weighted by Gasteiger charge is -2.14. The number of aromatic amines is 1. The van der Waals surface area contributed by atoms with E-state index < -0.39 is 17.1 Å². The molecular weight excluding hydrogens is 438 g/mol. The van der Waals surface area contributed by atoms with Crippen molar-refractivity contribution in [1.29, 1.82) is 0 Å². The number of nitrogens with one attached hydrogen (secondary N) is 1. The maximum atomic E-state index is 12.5. The molecule has 0 atom stereocenters. The molecule has 2 aromatic carbocycles. The van der Waals surface area contributed by atoms with Gasteiger partial charge in [0, 0.05) is 21.8 Å². The molecule has 1 aromatic heterocycles. The zero-order valence-electron chi connectivity index (χ0n) is 15.3. The summed E-state index contributed by atoms with van der Waals surface area (Å²) in [6, 6.07) is 12.4. The molecule has 4 rings (SSSR count). The molecule has 0 fully saturated rings. The van der Waals surface area contributed by atoms with Gasteiger partial charge in [0.05, 0.1) is 18.0 Å². The number of halogens is 1. The van der Waals surface area contributed by atoms with Crippen molar-refractivity contribution in [3.63, 3.8) is 0 Å². The number of fused-ring (bicyclic) bond motifs is 1. The molecule has 0 saturated heterocycles. The predicted molar refractivity (Wildman–Crippen MR) is 116 cm³/mol. The first-order valence-electron chi connectivity index (χ1n) is 8.85. The number of rotatable bonds is 4. The second-order valence-electron chi connectivity index (χ2n) is 6.25. The van der Waals surface area contributed by atoms with Crippen LogP contribution in [-0.2, 0) is 0 Å². The van der Waals surface area contributed by atoms with E-state index in [1.165, 1.54) is 6.08 Å². The Morgan fingerprint density at radius 2 is 2.03 bits per heavy atom. The molecule has 0 saturated carbocycles. The number of allylic oxidation sites excluding steroid dienone is 1. The first-order chi connectivity index (χ1) is 14.0. The van der Waals surface area contributed by atoms with Gasteiger partial charge in [-0.3, -0.25) is 14.8 Å². The fourth-order valence-corrected chi connectivity index (χ4v) is 3.50. The van der Waals surface area contributed by atoms with Crippen LogP contribution in [0.4, 0.5) is 5.69 Å². The minimum absolute atomic E-state index is 0.0508. The maximum absolute atomic E-state index is 12.5. The minimum atomic E-state index is -0.759. The van der Waals surface area contributed by atoms with Crippen molar-refractivity contribution in [2.75, 3.05) is 6.61 Å². The zero-order valence-corrected chi connectivity index (χ0v) is 16.9. The monoisotopic (exact) mass is 453 g/mol. The number of hydrogen-bond donors (Lipinski definition) is 2. The Labute approximate surface area is 173 Å². The summed E-state index contributed by atoms with van der Waals surface area (Å²) in [5.74, 6) is -0.0648. The molecule has 146 valence electrons. The number of hydrogen-bond acceptors (Lipinski definition) is 5. The summed E-state index contributed by atoms with van der Waals surface area (Å²) in [7, 11) is 0. The van der Waals surface area contributed by atoms with E-state index in [-0.39, 0.29) is 5.56 Å². The fraction of sp³-hybridized carbons (Fsp3) is 0.0952. The fourth-order valence-electron chi connectivity index (χ4n) is 3.14. The van der Waals surface area contributed by atoms with Gasteiger partial charge in [-0.1, -0.05) is 28.1 Å². The van der Waals surface area contributed by atoms with E-state index in [1.807, 2.05) is 25.1 Å². The van der Waals surface area contributed by atoms with Gasteiger partial charge in [0.25, 0.3) is 5.56 Å². The molecule has 2 heterocycles. The van der Waals surface area contributed by atoms with E-state index in [0.717, 1.165) is 20.3 Å². The van der Waals surface area contributed by atoms with Gasteiger partial charge in [0.1, 0.15) is 11.3 Å². The third kappa shape index (κ3) is 3.42. The Balaban J connectivity index is 1.92. The maximum Gasteiger partial charge on any atom is 0.335 e. The lowest BCUT2D eigenvalue weighted by molar-refractivity contribution is 0.336. The quantitative estimate of drug-likeness (QED) is 0.629. The first kappa shape index (κ1) is 18.9. The SMILES string of the molecule is CCOc1ccccc1-n1c(O)c(C=C2C=Nc3ccc(Br)cc32)c(=O)[nH]c1=O. The van der Waals surface area contributed by atoms with Gasteiger partial charge in [0.15, 0.2) is 0 Å². The molecule has 0 aliphatic carbocycles. The van der Waals surface area contributed by atoms with Crippen LogP contribution in [0.3, 0.4) is 0 Å². The van der Waals surface area contributed by atoms with Crippen molar-refractivity contribution in [3.05, 3.63) is 78.9 Å². The predicted octanol–water partition coefficient (Wildman–Crippen LogP) is 3.65. The van der Waals surface area contributed by atoms with Crippen molar-refractivity contribution in [2.24, 2.45) is 4.99 Å². The lowest BCUT2D eigenvalue weighted by atomic mass is 10.1. The van der Waals surface area contributed by atoms with Crippen LogP contribution in [0.5, 0.6) is 11.6 Å². The molecule has 0 unspecified atom stereocenters. The Bertz CT molecular complexity index is 1290. The molecule has 29 heavy (non-hydrogen) atoms. The van der Waals surface area contributed by atoms with E-state index in [1.54, 1.807) is 30.5 Å². The van der Waals surface area contributed by atoms with E-state index in [0.29, 0.717) is 23.6 Å². The Kier molecular flexibility index (Phi) is 4.94. The summed E-state index contributed by atoms with van der Waals surface area (Å²) in [5.41, 5.74) is 1.04. The number of aliphatic imine (C=N–C) groups is 1. The van der Waals surface area contributed by atoms with Gasteiger partial charge in [-0.05, 0) is 43.3 Å². The summed E-state index contributed by atoms with van der Waals surface area (Å²) in [6.45, 7) is 2.20. The molecule has 3 aromatic rings. The minimum Gasteiger partial charge on any atom is -0.494 e. The zero-order chi connectivity index (χ0) is 20.5. The van der Waals surface area contributed by atoms with Crippen LogP contribution in [0.25, 0.3) is 17.3 Å². The average molecular weight is 454 g/mol. The number of nitrogens with zero attached hydrogens (tertiary/aromatic N) is 2. The molecule has 0 spiro atoms. The average Bonchev–Trinajstić information content (AvgIpc) is 3.08. The number of ether oxygens (including phenoxy) is 1. The van der Waals surface area contributed by atoms with Gasteiger partial charge < -0.3 is 9.84 Å². The number of aromatic nitrogens is 2. The van der Waals surface area contributed by atoms with Gasteiger partial charge in [-0.15, -0.1) is 0 Å². The standard InChI is InChI=1S/C21H16BrN3O4/c1-2-29-18-6-4-3-5-17(18)25-20(27)15(19(26)24-21(25)28)9-12-11-23-16-8-7-13(22)10-14(12)16/h3-11,27H,2H2,1H3,(H,24,26,28). The Morgan fingerprint density at radius 3 is 2.83 bits per heavy atom. The van der Waals surface area contributed by atoms with Crippen molar-refractivity contribution >= 4 is 39.5 Å². The van der Waals surface area contributed by atoms with E-state index in [2.05, 4.69) is 25.9 Å².